The molecule has 0 N–H and O–H groups in total. The Morgan fingerprint density at radius 1 is 1.44 bits per heavy atom. The van der Waals surface area contributed by atoms with E-state index in [4.69, 9.17) is 0 Å². The van der Waals surface area contributed by atoms with Crippen molar-refractivity contribution in [1.29, 1.82) is 0 Å². The molecule has 0 aromatic carbocycles. The molecule has 0 spiro atoms. The first-order valence-electron chi connectivity index (χ1n) is 2.62. The van der Waals surface area contributed by atoms with Gasteiger partial charge in [-0.1, -0.05) is 25.8 Å². The smallest absolute Gasteiger partial charge is 0.867 e. The second kappa shape index (κ2) is 5.21. The maximum absolute atomic E-state index is 10.3. The second-order valence-electron chi connectivity index (χ2n) is 3.11. The number of rotatable bonds is 1. The number of hydrogen-bond donors (Lipinski definition) is 0. The van der Waals surface area contributed by atoms with E-state index in [1.165, 1.54) is 0 Å². The molecule has 0 radical (unpaired) electrons. The summed E-state index contributed by atoms with van der Waals surface area (Å²) in [6.07, 6.45) is 0.502. The monoisotopic (exact) mass is 170 g/mol. The Kier molecular flexibility index (Phi) is 7.61. The van der Waals surface area contributed by atoms with Gasteiger partial charge in [0.15, 0.2) is 0 Å². The van der Waals surface area contributed by atoms with Crippen LogP contribution >= 0.6 is 12.2 Å². The van der Waals surface area contributed by atoms with Crippen molar-refractivity contribution < 1.29 is 56.5 Å². The maximum atomic E-state index is 10.3. The Morgan fingerprint density at radius 3 is 1.78 bits per heavy atom. The zero-order valence-corrected chi connectivity index (χ0v) is 10.5. The molecular weight excluding hydrogens is 159 g/mol. The molecule has 0 aliphatic carbocycles. The van der Waals surface area contributed by atoms with E-state index in [1.54, 1.807) is 0 Å². The molecule has 0 heterocycles. The summed E-state index contributed by atoms with van der Waals surface area (Å²) in [5, 5.41) is 10.1. The van der Waals surface area contributed by atoms with Gasteiger partial charge in [-0.25, -0.2) is 0 Å². The maximum Gasteiger partial charge on any atom is 1.00 e. The Hall–Kier alpha value is 1.53. The van der Waals surface area contributed by atoms with Crippen LogP contribution in [0.3, 0.4) is 0 Å². The first-order chi connectivity index (χ1) is 3.42. The summed E-state index contributed by atoms with van der Waals surface area (Å²) in [7, 11) is 0. The molecule has 0 aromatic heterocycles. The Labute approximate surface area is 105 Å². The van der Waals surface area contributed by atoms with Crippen molar-refractivity contribution in [3.63, 3.8) is 0 Å². The van der Waals surface area contributed by atoms with Gasteiger partial charge in [-0.15, -0.1) is 12.2 Å². The fourth-order valence-corrected chi connectivity index (χ4v) is 0.866. The Morgan fingerprint density at radius 2 is 1.78 bits per heavy atom. The molecule has 1 nitrogen and oxygen atoms in total. The van der Waals surface area contributed by atoms with Gasteiger partial charge in [-0.05, 0) is 11.8 Å². The van der Waals surface area contributed by atoms with E-state index in [1.807, 2.05) is 20.8 Å². The summed E-state index contributed by atoms with van der Waals surface area (Å²) >= 11 is 4.39. The molecular formula is C6H11KOS. The van der Waals surface area contributed by atoms with E-state index in [0.717, 1.165) is 0 Å². The average molecular weight is 170 g/mol. The minimum absolute atomic E-state index is 0. The molecule has 0 fully saturated rings. The van der Waals surface area contributed by atoms with Gasteiger partial charge in [-0.2, -0.15) is 0 Å². The average Bonchev–Trinajstić information content (AvgIpc) is 1.21. The summed E-state index contributed by atoms with van der Waals surface area (Å²) in [4.78, 5) is 0. The normalized spacial score (nSPS) is 10.1. The van der Waals surface area contributed by atoms with E-state index < -0.39 is 0 Å². The molecule has 0 aliphatic heterocycles. The van der Waals surface area contributed by atoms with Crippen LogP contribution in [0.5, 0.6) is 0 Å². The first kappa shape index (κ1) is 13.1. The van der Waals surface area contributed by atoms with Gasteiger partial charge in [0.05, 0.1) is 0 Å². The summed E-state index contributed by atoms with van der Waals surface area (Å²) in [5.41, 5.74) is 0.0683. The third kappa shape index (κ3) is 12.7. The molecule has 0 aliphatic rings. The van der Waals surface area contributed by atoms with Crippen molar-refractivity contribution in [3.8, 4) is 0 Å². The summed E-state index contributed by atoms with van der Waals surface area (Å²) < 4.78 is 0. The van der Waals surface area contributed by atoms with E-state index >= 15 is 0 Å². The van der Waals surface area contributed by atoms with E-state index in [-0.39, 0.29) is 61.9 Å². The van der Waals surface area contributed by atoms with Crippen molar-refractivity contribution in [2.24, 2.45) is 5.41 Å². The predicted molar refractivity (Wildman–Crippen MR) is 36.7 cm³/mol. The van der Waals surface area contributed by atoms with Crippen LogP contribution in [-0.4, -0.2) is 5.05 Å². The van der Waals surface area contributed by atoms with Crippen molar-refractivity contribution in [1.82, 2.24) is 0 Å². The van der Waals surface area contributed by atoms with Crippen LogP contribution in [0.1, 0.15) is 27.2 Å². The van der Waals surface area contributed by atoms with Crippen molar-refractivity contribution in [3.05, 3.63) is 0 Å². The SMILES string of the molecule is CC(C)(C)CC([O-])=S.[K+]. The Balaban J connectivity index is 0. The minimum atomic E-state index is -0.141. The molecule has 0 saturated heterocycles. The van der Waals surface area contributed by atoms with E-state index in [9.17, 15) is 5.11 Å². The fraction of sp³-hybridized carbons (Fsp3) is 0.833. The summed E-state index contributed by atoms with van der Waals surface area (Å²) in [6.45, 7) is 5.99. The number of hydrogen-bond acceptors (Lipinski definition) is 2. The largest absolute Gasteiger partial charge is 1.00 e. The van der Waals surface area contributed by atoms with Crippen molar-refractivity contribution in [2.45, 2.75) is 27.2 Å². The molecule has 0 atom stereocenters. The van der Waals surface area contributed by atoms with Gasteiger partial charge in [-0.3, -0.25) is 0 Å². The topological polar surface area (TPSA) is 23.1 Å². The summed E-state index contributed by atoms with van der Waals surface area (Å²) in [6, 6.07) is 0. The molecule has 9 heavy (non-hydrogen) atoms. The molecule has 48 valence electrons. The van der Waals surface area contributed by atoms with Gasteiger partial charge >= 0.3 is 51.4 Å². The van der Waals surface area contributed by atoms with Crippen LogP contribution in [0.2, 0.25) is 0 Å². The van der Waals surface area contributed by atoms with Crippen molar-refractivity contribution in [2.75, 3.05) is 0 Å². The Bertz CT molecular complexity index is 95.7. The predicted octanol–water partition coefficient (Wildman–Crippen LogP) is -1.89. The van der Waals surface area contributed by atoms with Gasteiger partial charge in [0.25, 0.3) is 0 Å². The molecule has 0 amide bonds. The van der Waals surface area contributed by atoms with Gasteiger partial charge in [0, 0.05) is 0 Å². The van der Waals surface area contributed by atoms with Crippen molar-refractivity contribution >= 4 is 17.3 Å². The molecule has 0 rings (SSSR count). The molecule has 3 heteroatoms. The molecule has 0 saturated carbocycles. The van der Waals surface area contributed by atoms with Crippen LogP contribution in [0.15, 0.2) is 0 Å². The second-order valence-corrected chi connectivity index (χ2v) is 3.56. The molecule has 0 unspecified atom stereocenters. The van der Waals surface area contributed by atoms with Crippen LogP contribution < -0.4 is 56.5 Å². The van der Waals surface area contributed by atoms with Gasteiger partial charge < -0.3 is 5.11 Å². The number of thiocarbonyl (C=S) groups is 1. The van der Waals surface area contributed by atoms with Crippen LogP contribution in [0.25, 0.3) is 0 Å². The van der Waals surface area contributed by atoms with E-state index in [2.05, 4.69) is 12.2 Å². The van der Waals surface area contributed by atoms with Crippen LogP contribution in [0.4, 0.5) is 0 Å². The van der Waals surface area contributed by atoms with Gasteiger partial charge in [0.2, 0.25) is 0 Å². The minimum Gasteiger partial charge on any atom is -0.867 e. The molecule has 0 bridgehead atoms. The van der Waals surface area contributed by atoms with Crippen LogP contribution in [-0.2, 0) is 0 Å². The van der Waals surface area contributed by atoms with Crippen LogP contribution in [0, 0.1) is 5.41 Å². The zero-order chi connectivity index (χ0) is 6.78. The zero-order valence-electron chi connectivity index (χ0n) is 6.52. The quantitative estimate of drug-likeness (QED) is 0.339. The first-order valence-corrected chi connectivity index (χ1v) is 3.02. The third-order valence-electron chi connectivity index (χ3n) is 0.675. The van der Waals surface area contributed by atoms with Gasteiger partial charge in [0.1, 0.15) is 0 Å². The fourth-order valence-electron chi connectivity index (χ4n) is 0.433. The standard InChI is InChI=1S/C6H12OS.K/c1-6(2,3)4-5(7)8;/h4H2,1-3H3,(H,7,8);/q;+1/p-1. The summed E-state index contributed by atoms with van der Waals surface area (Å²) in [5.74, 6) is 0. The third-order valence-corrected chi connectivity index (χ3v) is 0.819. The molecule has 0 aromatic rings. The van der Waals surface area contributed by atoms with E-state index in [0.29, 0.717) is 6.42 Å².